The van der Waals surface area contributed by atoms with E-state index in [1.54, 1.807) is 0 Å². The van der Waals surface area contributed by atoms with Crippen LogP contribution in [0.25, 0.3) is 0 Å². The van der Waals surface area contributed by atoms with Crippen LogP contribution in [0.5, 0.6) is 0 Å². The van der Waals surface area contributed by atoms with Crippen molar-refractivity contribution in [3.8, 4) is 0 Å². The van der Waals surface area contributed by atoms with Crippen molar-refractivity contribution < 1.29 is 9.90 Å². The van der Waals surface area contributed by atoms with Crippen LogP contribution in [0.4, 0.5) is 0 Å². The van der Waals surface area contributed by atoms with Gasteiger partial charge >= 0.3 is 5.97 Å². The van der Waals surface area contributed by atoms with Crippen LogP contribution in [-0.2, 0) is 4.79 Å². The number of nitrogens with two attached hydrogens (primary N) is 1. The second-order valence-electron chi connectivity index (χ2n) is 4.48. The van der Waals surface area contributed by atoms with Gasteiger partial charge in [-0.3, -0.25) is 4.79 Å². The minimum absolute atomic E-state index is 0.0359. The van der Waals surface area contributed by atoms with Crippen molar-refractivity contribution in [2.24, 2.45) is 11.1 Å². The molecule has 1 rings (SSSR count). The van der Waals surface area contributed by atoms with Gasteiger partial charge in [-0.15, -0.1) is 0 Å². The average Bonchev–Trinajstić information content (AvgIpc) is 2.28. The third kappa shape index (κ3) is 9.16. The first-order valence-corrected chi connectivity index (χ1v) is 7.02. The summed E-state index contributed by atoms with van der Waals surface area (Å²) in [6.07, 6.45) is 7.46. The van der Waals surface area contributed by atoms with Gasteiger partial charge in [0.05, 0.1) is 6.42 Å². The summed E-state index contributed by atoms with van der Waals surface area (Å²) in [5, 5.41) is 8.49. The molecular weight excluding hydrogens is 214 g/mol. The summed E-state index contributed by atoms with van der Waals surface area (Å²) >= 11 is 0. The molecule has 3 heteroatoms. The van der Waals surface area contributed by atoms with Crippen molar-refractivity contribution in [1.29, 1.82) is 0 Å². The molecule has 1 saturated carbocycles. The van der Waals surface area contributed by atoms with Crippen molar-refractivity contribution in [3.63, 3.8) is 0 Å². The van der Waals surface area contributed by atoms with Crippen LogP contribution in [0.2, 0.25) is 0 Å². The summed E-state index contributed by atoms with van der Waals surface area (Å²) in [5.74, 6) is -0.717. The normalized spacial score (nSPS) is 15.6. The Labute approximate surface area is 107 Å². The lowest BCUT2D eigenvalue weighted by Gasteiger charge is -2.39. The Hall–Kier alpha value is -0.570. The standard InChI is InChI=1S/C7H13NO2.C5H12.C2H6/c8-5-7(2-1-3-7)4-6(9)10;1-3-5-4-2;1-2/h1-5,8H2,(H,9,10);3-5H2,1-2H3;1-2H3. The predicted octanol–water partition coefficient (Wildman–Crippen LogP) is 3.81. The molecule has 0 heterocycles. The van der Waals surface area contributed by atoms with Gasteiger partial charge in [-0.2, -0.15) is 0 Å². The maximum atomic E-state index is 10.3. The van der Waals surface area contributed by atoms with Crippen LogP contribution < -0.4 is 5.73 Å². The Kier molecular flexibility index (Phi) is 13.2. The van der Waals surface area contributed by atoms with E-state index in [0.29, 0.717) is 6.54 Å². The second-order valence-corrected chi connectivity index (χ2v) is 4.48. The van der Waals surface area contributed by atoms with Gasteiger partial charge in [-0.05, 0) is 24.8 Å². The fourth-order valence-corrected chi connectivity index (χ4v) is 1.80. The molecule has 1 aliphatic carbocycles. The Morgan fingerprint density at radius 2 is 1.71 bits per heavy atom. The molecule has 0 radical (unpaired) electrons. The van der Waals surface area contributed by atoms with Gasteiger partial charge in [-0.25, -0.2) is 0 Å². The van der Waals surface area contributed by atoms with Crippen molar-refractivity contribution in [2.45, 2.75) is 72.6 Å². The van der Waals surface area contributed by atoms with Crippen molar-refractivity contribution in [3.05, 3.63) is 0 Å². The van der Waals surface area contributed by atoms with Crippen molar-refractivity contribution >= 4 is 5.97 Å². The van der Waals surface area contributed by atoms with Gasteiger partial charge in [0.2, 0.25) is 0 Å². The molecular formula is C14H31NO2. The number of aliphatic carboxylic acids is 1. The van der Waals surface area contributed by atoms with Gasteiger partial charge in [0, 0.05) is 0 Å². The Bertz CT molecular complexity index is 170. The zero-order valence-electron chi connectivity index (χ0n) is 12.1. The lowest BCUT2D eigenvalue weighted by atomic mass is 9.67. The van der Waals surface area contributed by atoms with E-state index in [1.807, 2.05) is 13.8 Å². The molecule has 0 aromatic rings. The van der Waals surface area contributed by atoms with E-state index in [4.69, 9.17) is 10.8 Å². The van der Waals surface area contributed by atoms with Gasteiger partial charge in [-0.1, -0.05) is 53.4 Å². The van der Waals surface area contributed by atoms with E-state index in [2.05, 4.69) is 13.8 Å². The molecule has 104 valence electrons. The molecule has 17 heavy (non-hydrogen) atoms. The Morgan fingerprint density at radius 1 is 1.24 bits per heavy atom. The molecule has 0 atom stereocenters. The fourth-order valence-electron chi connectivity index (χ4n) is 1.80. The summed E-state index contributed by atoms with van der Waals surface area (Å²) < 4.78 is 0. The number of rotatable bonds is 5. The van der Waals surface area contributed by atoms with Gasteiger partial charge in [0.1, 0.15) is 0 Å². The number of unbranched alkanes of at least 4 members (excludes halogenated alkanes) is 2. The van der Waals surface area contributed by atoms with Crippen LogP contribution in [0.1, 0.15) is 72.6 Å². The molecule has 0 aromatic carbocycles. The Morgan fingerprint density at radius 3 is 1.76 bits per heavy atom. The summed E-state index contributed by atoms with van der Waals surface area (Å²) in [6.45, 7) is 8.95. The van der Waals surface area contributed by atoms with E-state index in [0.717, 1.165) is 19.3 Å². The smallest absolute Gasteiger partial charge is 0.303 e. The summed E-state index contributed by atoms with van der Waals surface area (Å²) in [7, 11) is 0. The van der Waals surface area contributed by atoms with Gasteiger partial charge in [0.25, 0.3) is 0 Å². The zero-order valence-corrected chi connectivity index (χ0v) is 12.1. The molecule has 3 nitrogen and oxygen atoms in total. The first-order chi connectivity index (χ1) is 8.10. The molecule has 0 unspecified atom stereocenters. The van der Waals surface area contributed by atoms with Gasteiger partial charge in [0.15, 0.2) is 0 Å². The van der Waals surface area contributed by atoms with Crippen LogP contribution in [-0.4, -0.2) is 17.6 Å². The third-order valence-corrected chi connectivity index (χ3v) is 3.08. The lowest BCUT2D eigenvalue weighted by Crippen LogP contribution is -2.39. The first kappa shape index (κ1) is 18.8. The highest BCUT2D eigenvalue weighted by Crippen LogP contribution is 2.42. The zero-order chi connectivity index (χ0) is 13.7. The minimum Gasteiger partial charge on any atom is -0.481 e. The monoisotopic (exact) mass is 245 g/mol. The molecule has 0 saturated heterocycles. The molecule has 3 N–H and O–H groups in total. The van der Waals surface area contributed by atoms with E-state index in [1.165, 1.54) is 19.3 Å². The second kappa shape index (κ2) is 11.9. The topological polar surface area (TPSA) is 63.3 Å². The van der Waals surface area contributed by atoms with E-state index in [-0.39, 0.29) is 11.8 Å². The molecule has 1 aliphatic rings. The van der Waals surface area contributed by atoms with Crippen molar-refractivity contribution in [2.75, 3.05) is 6.54 Å². The summed E-state index contributed by atoms with van der Waals surface area (Å²) in [6, 6.07) is 0. The predicted molar refractivity (Wildman–Crippen MR) is 74.1 cm³/mol. The van der Waals surface area contributed by atoms with Crippen LogP contribution in [0.15, 0.2) is 0 Å². The van der Waals surface area contributed by atoms with Crippen LogP contribution >= 0.6 is 0 Å². The van der Waals surface area contributed by atoms with Crippen LogP contribution in [0, 0.1) is 5.41 Å². The van der Waals surface area contributed by atoms with Crippen LogP contribution in [0.3, 0.4) is 0 Å². The highest BCUT2D eigenvalue weighted by Gasteiger charge is 2.37. The molecule has 0 spiro atoms. The van der Waals surface area contributed by atoms with E-state index in [9.17, 15) is 4.79 Å². The highest BCUT2D eigenvalue weighted by molar-refractivity contribution is 5.67. The van der Waals surface area contributed by atoms with E-state index >= 15 is 0 Å². The molecule has 0 bridgehead atoms. The molecule has 0 amide bonds. The SMILES string of the molecule is CC.CCCCC.NCC1(CC(=O)O)CCC1. The average molecular weight is 245 g/mol. The van der Waals surface area contributed by atoms with Gasteiger partial charge < -0.3 is 10.8 Å². The number of carboxylic acids is 1. The number of hydrogen-bond acceptors (Lipinski definition) is 2. The maximum absolute atomic E-state index is 10.3. The molecule has 0 aromatic heterocycles. The third-order valence-electron chi connectivity index (χ3n) is 3.08. The first-order valence-electron chi connectivity index (χ1n) is 7.02. The minimum atomic E-state index is -0.717. The quantitative estimate of drug-likeness (QED) is 0.774. The number of carbonyl (C=O) groups is 1. The molecule has 1 fully saturated rings. The summed E-state index contributed by atoms with van der Waals surface area (Å²) in [4.78, 5) is 10.3. The Balaban J connectivity index is 0. The highest BCUT2D eigenvalue weighted by atomic mass is 16.4. The fraction of sp³-hybridized carbons (Fsp3) is 0.929. The number of carboxylic acid groups (broad SMARTS) is 1. The largest absolute Gasteiger partial charge is 0.481 e. The summed E-state index contributed by atoms with van der Waals surface area (Å²) in [5.41, 5.74) is 5.42. The molecule has 0 aliphatic heterocycles. The number of hydrogen-bond donors (Lipinski definition) is 2. The lowest BCUT2D eigenvalue weighted by molar-refractivity contribution is -0.141. The van der Waals surface area contributed by atoms with Crippen molar-refractivity contribution in [1.82, 2.24) is 0 Å². The maximum Gasteiger partial charge on any atom is 0.303 e. The van der Waals surface area contributed by atoms with E-state index < -0.39 is 5.97 Å².